The van der Waals surface area contributed by atoms with E-state index >= 15 is 0 Å². The number of aromatic nitrogens is 3. The first-order valence-corrected chi connectivity index (χ1v) is 7.76. The fourth-order valence-electron chi connectivity index (χ4n) is 2.35. The fraction of sp³-hybridized carbons (Fsp3) is 0.286. The smallest absolute Gasteiger partial charge is 0.548 e. The van der Waals surface area contributed by atoms with Crippen molar-refractivity contribution in [3.05, 3.63) is 33.8 Å². The minimum absolute atomic E-state index is 0. The van der Waals surface area contributed by atoms with Crippen molar-refractivity contribution >= 4 is 42.1 Å². The molecule has 1 aromatic carbocycles. The molecule has 0 saturated heterocycles. The van der Waals surface area contributed by atoms with Crippen LogP contribution in [-0.4, -0.2) is 38.8 Å². The molecule has 2 unspecified atom stereocenters. The molecule has 1 aromatic heterocycles. The Hall–Kier alpha value is -0.460. The topological polar surface area (TPSA) is 120 Å². The van der Waals surface area contributed by atoms with Crippen molar-refractivity contribution < 1.29 is 78.9 Å². The number of aliphatic carboxylic acids is 2. The molecule has 8 nitrogen and oxygen atoms in total. The van der Waals surface area contributed by atoms with Crippen LogP contribution in [0.5, 0.6) is 0 Å². The quantitative estimate of drug-likeness (QED) is 0.358. The molecule has 2 atom stereocenters. The number of anilines is 1. The maximum atomic E-state index is 11.2. The first-order valence-electron chi connectivity index (χ1n) is 6.94. The van der Waals surface area contributed by atoms with Gasteiger partial charge in [0.15, 0.2) is 9.54 Å². The van der Waals surface area contributed by atoms with Crippen LogP contribution in [0.3, 0.4) is 0 Å². The predicted octanol–water partition coefficient (Wildman–Crippen LogP) is -6.32. The summed E-state index contributed by atoms with van der Waals surface area (Å²) in [6.07, 6.45) is 0. The molecule has 0 saturated carbocycles. The van der Waals surface area contributed by atoms with Crippen LogP contribution in [-0.2, 0) is 9.59 Å². The van der Waals surface area contributed by atoms with Crippen LogP contribution in [0.1, 0.15) is 13.8 Å². The summed E-state index contributed by atoms with van der Waals surface area (Å²) in [5, 5.41) is 27.9. The Kier molecular flexibility index (Phi) is 10.6. The van der Waals surface area contributed by atoms with E-state index in [0.717, 1.165) is 0 Å². The zero-order valence-electron chi connectivity index (χ0n) is 14.8. The predicted molar refractivity (Wildman–Crippen MR) is 87.6 cm³/mol. The van der Waals surface area contributed by atoms with Gasteiger partial charge in [-0.25, -0.2) is 0 Å². The van der Waals surface area contributed by atoms with E-state index in [2.05, 4.69) is 10.2 Å². The summed E-state index contributed by atoms with van der Waals surface area (Å²) >= 11 is 10.3. The average molecular weight is 412 g/mol. The van der Waals surface area contributed by atoms with Gasteiger partial charge in [0.25, 0.3) is 0 Å². The van der Waals surface area contributed by atoms with Crippen LogP contribution >= 0.6 is 24.4 Å². The molecule has 2 N–H and O–H groups in total. The largest absolute Gasteiger partial charge is 1.00 e. The number of hydrogen-bond acceptors (Lipinski definition) is 7. The molecule has 0 bridgehead atoms. The van der Waals surface area contributed by atoms with E-state index in [0.29, 0.717) is 20.9 Å². The van der Waals surface area contributed by atoms with Crippen LogP contribution < -0.4 is 74.2 Å². The van der Waals surface area contributed by atoms with Crippen LogP contribution in [0.4, 0.5) is 5.69 Å². The van der Waals surface area contributed by atoms with E-state index in [4.69, 9.17) is 24.4 Å². The molecular weight excluding hydrogens is 398 g/mol. The molecule has 0 fully saturated rings. The van der Waals surface area contributed by atoms with Gasteiger partial charge in [-0.1, -0.05) is 6.07 Å². The summed E-state index contributed by atoms with van der Waals surface area (Å²) in [5.41, 5.74) is 0.916. The number of benzene rings is 1. The first-order chi connectivity index (χ1) is 11.2. The maximum absolute atomic E-state index is 11.2. The van der Waals surface area contributed by atoms with Gasteiger partial charge < -0.3 is 24.7 Å². The number of carboxylic acid groups (broad SMARTS) is 2. The number of carbonyl (C=O) groups excluding carboxylic acids is 2. The van der Waals surface area contributed by atoms with E-state index in [1.807, 2.05) is 0 Å². The number of nitrogens with zero attached hydrogens (tertiary/aromatic N) is 2. The Labute approximate surface area is 204 Å². The van der Waals surface area contributed by atoms with Crippen LogP contribution in [0.2, 0.25) is 0 Å². The minimum atomic E-state index is -1.40. The monoisotopic (exact) mass is 412 g/mol. The normalized spacial score (nSPS) is 12.2. The van der Waals surface area contributed by atoms with Crippen molar-refractivity contribution in [2.24, 2.45) is 0 Å². The van der Waals surface area contributed by atoms with E-state index in [9.17, 15) is 19.8 Å². The second kappa shape index (κ2) is 10.8. The number of H-pyrrole nitrogens is 2. The molecule has 0 aliphatic heterocycles. The zero-order valence-corrected chi connectivity index (χ0v) is 20.4. The van der Waals surface area contributed by atoms with Crippen molar-refractivity contribution in [2.75, 3.05) is 4.90 Å². The summed E-state index contributed by atoms with van der Waals surface area (Å²) in [7, 11) is 0. The molecule has 128 valence electrons. The second-order valence-corrected chi connectivity index (χ2v) is 5.89. The van der Waals surface area contributed by atoms with Gasteiger partial charge in [-0.3, -0.25) is 14.8 Å². The zero-order chi connectivity index (χ0) is 18.0. The van der Waals surface area contributed by atoms with Crippen molar-refractivity contribution in [1.82, 2.24) is 14.8 Å². The summed E-state index contributed by atoms with van der Waals surface area (Å²) < 4.78 is 2.17. The molecule has 0 amide bonds. The van der Waals surface area contributed by atoms with Crippen molar-refractivity contribution in [1.29, 1.82) is 0 Å². The van der Waals surface area contributed by atoms with E-state index < -0.39 is 24.0 Å². The number of rotatable bonds is 6. The molecular formula is C14H14N4Na2O4S2. The van der Waals surface area contributed by atoms with Gasteiger partial charge in [-0.2, -0.15) is 0 Å². The van der Waals surface area contributed by atoms with Crippen molar-refractivity contribution in [3.63, 3.8) is 0 Å². The number of hydrogen-bond donors (Lipinski definition) is 2. The van der Waals surface area contributed by atoms with Gasteiger partial charge in [-0.15, -0.1) is 0 Å². The van der Waals surface area contributed by atoms with Gasteiger partial charge in [-0.05, 0) is 56.5 Å². The van der Waals surface area contributed by atoms with Gasteiger partial charge >= 0.3 is 59.1 Å². The number of aromatic amines is 2. The van der Waals surface area contributed by atoms with Crippen molar-refractivity contribution in [2.45, 2.75) is 25.9 Å². The second-order valence-electron chi connectivity index (χ2n) is 5.11. The van der Waals surface area contributed by atoms with Crippen LogP contribution in [0, 0.1) is 9.54 Å². The third-order valence-corrected chi connectivity index (χ3v) is 4.15. The van der Waals surface area contributed by atoms with Gasteiger partial charge in [0.2, 0.25) is 0 Å². The van der Waals surface area contributed by atoms with Crippen LogP contribution in [0.15, 0.2) is 24.3 Å². The maximum Gasteiger partial charge on any atom is 1.00 e. The Bertz CT molecular complexity index is 848. The molecule has 26 heavy (non-hydrogen) atoms. The number of carbonyl (C=O) groups is 2. The Morgan fingerprint density at radius 3 is 1.92 bits per heavy atom. The SMILES string of the molecule is CC(C(=O)[O-])N(c1cccc(-n2c(=S)[nH][nH]c2=S)c1)C(C)C(=O)[O-].[Na+].[Na+]. The molecule has 0 radical (unpaired) electrons. The third kappa shape index (κ3) is 5.52. The molecule has 2 rings (SSSR count). The Balaban J connectivity index is 0.00000312. The van der Waals surface area contributed by atoms with Crippen LogP contribution in [0.25, 0.3) is 5.69 Å². The van der Waals surface area contributed by atoms with Gasteiger partial charge in [0, 0.05) is 5.69 Å². The fourth-order valence-corrected chi connectivity index (χ4v) is 2.90. The summed E-state index contributed by atoms with van der Waals surface area (Å²) in [4.78, 5) is 23.7. The Morgan fingerprint density at radius 2 is 1.50 bits per heavy atom. The minimum Gasteiger partial charge on any atom is -0.548 e. The van der Waals surface area contributed by atoms with E-state index in [1.165, 1.54) is 23.3 Å². The van der Waals surface area contributed by atoms with Crippen molar-refractivity contribution in [3.8, 4) is 5.69 Å². The third-order valence-electron chi connectivity index (χ3n) is 3.59. The summed E-state index contributed by atoms with van der Waals surface area (Å²) in [5.74, 6) is -2.80. The standard InChI is InChI=1S/C14H16N4O4S2.2Na/c1-7(11(19)20)17(8(2)12(21)22)9-4-3-5-10(6-9)18-13(23)15-16-14(18)24;;/h3-8H,1-2H3,(H,15,23)(H,16,24)(H,19,20)(H,21,22);;/q;2*+1/p-2. The molecule has 1 heterocycles. The Morgan fingerprint density at radius 1 is 1.04 bits per heavy atom. The molecule has 0 spiro atoms. The molecule has 2 aromatic rings. The summed E-state index contributed by atoms with van der Waals surface area (Å²) in [6.45, 7) is 2.69. The van der Waals surface area contributed by atoms with E-state index in [1.54, 1.807) is 24.3 Å². The van der Waals surface area contributed by atoms with Gasteiger partial charge in [0.1, 0.15) is 0 Å². The molecule has 12 heteroatoms. The summed E-state index contributed by atoms with van der Waals surface area (Å²) in [6, 6.07) is 4.18. The number of carboxylic acids is 2. The molecule has 0 aliphatic rings. The first kappa shape index (κ1) is 25.5. The molecule has 0 aliphatic carbocycles. The number of nitrogens with one attached hydrogen (secondary N) is 2. The van der Waals surface area contributed by atoms with E-state index in [-0.39, 0.29) is 59.1 Å². The van der Waals surface area contributed by atoms with Gasteiger partial charge in [0.05, 0.1) is 29.7 Å². The average Bonchev–Trinajstić information content (AvgIpc) is 2.86.